The molecule has 5 heteroatoms. The lowest BCUT2D eigenvalue weighted by Crippen LogP contribution is -2.37. The maximum absolute atomic E-state index is 12.4. The molecular weight excluding hydrogens is 272 g/mol. The number of carbonyl (C=O) groups is 1. The number of thiocarbonyl (C=S) groups is 1. The maximum Gasteiger partial charge on any atom is 0.230 e. The summed E-state index contributed by atoms with van der Waals surface area (Å²) in [6.45, 7) is 1.12. The fourth-order valence-electron chi connectivity index (χ4n) is 2.77. The minimum atomic E-state index is 0.0823. The summed E-state index contributed by atoms with van der Waals surface area (Å²) in [7, 11) is 0. The molecule has 1 saturated carbocycles. The number of anilines is 1. The molecule has 106 valence electrons. The number of ether oxygens (including phenoxy) is 1. The first kappa shape index (κ1) is 13.4. The molecule has 0 radical (unpaired) electrons. The molecule has 20 heavy (non-hydrogen) atoms. The minimum absolute atomic E-state index is 0.0823. The lowest BCUT2D eigenvalue weighted by molar-refractivity contribution is -0.119. The number of nitrogens with zero attached hydrogens (tertiary/aromatic N) is 1. The van der Waals surface area contributed by atoms with Crippen molar-refractivity contribution in [2.75, 3.05) is 18.1 Å². The summed E-state index contributed by atoms with van der Waals surface area (Å²) >= 11 is 5.04. The highest BCUT2D eigenvalue weighted by molar-refractivity contribution is 7.80. The predicted octanol–water partition coefficient (Wildman–Crippen LogP) is 2.26. The monoisotopic (exact) mass is 290 g/mol. The zero-order valence-electron chi connectivity index (χ0n) is 11.3. The molecule has 0 spiro atoms. The highest BCUT2D eigenvalue weighted by Gasteiger charge is 2.45. The van der Waals surface area contributed by atoms with Gasteiger partial charge >= 0.3 is 0 Å². The van der Waals surface area contributed by atoms with Crippen LogP contribution in [0.3, 0.4) is 0 Å². The van der Waals surface area contributed by atoms with E-state index in [0.29, 0.717) is 24.6 Å². The molecule has 0 aromatic heterocycles. The Morgan fingerprint density at radius 3 is 2.85 bits per heavy atom. The number of rotatable bonds is 4. The maximum atomic E-state index is 12.4. The first-order valence-electron chi connectivity index (χ1n) is 6.90. The normalized spacial score (nSPS) is 19.8. The third kappa shape index (κ3) is 2.63. The average Bonchev–Trinajstić information content (AvgIpc) is 3.17. The van der Waals surface area contributed by atoms with Gasteiger partial charge in [-0.15, -0.1) is 0 Å². The van der Waals surface area contributed by atoms with Crippen molar-refractivity contribution in [3.05, 3.63) is 24.3 Å². The minimum Gasteiger partial charge on any atom is -0.491 e. The molecule has 0 saturated heterocycles. The van der Waals surface area contributed by atoms with E-state index in [9.17, 15) is 4.79 Å². The summed E-state index contributed by atoms with van der Waals surface area (Å²) in [6, 6.07) is 7.71. The van der Waals surface area contributed by atoms with E-state index in [-0.39, 0.29) is 11.3 Å². The van der Waals surface area contributed by atoms with Crippen LogP contribution in [-0.2, 0) is 4.79 Å². The number of carbonyl (C=O) groups excluding carboxylic acids is 1. The van der Waals surface area contributed by atoms with Crippen LogP contribution >= 0.6 is 12.2 Å². The van der Waals surface area contributed by atoms with Crippen LogP contribution in [-0.4, -0.2) is 24.0 Å². The Morgan fingerprint density at radius 1 is 1.40 bits per heavy atom. The molecule has 0 atom stereocenters. The largest absolute Gasteiger partial charge is 0.491 e. The van der Waals surface area contributed by atoms with Crippen LogP contribution in [0.2, 0.25) is 0 Å². The van der Waals surface area contributed by atoms with Gasteiger partial charge in [-0.05, 0) is 30.4 Å². The van der Waals surface area contributed by atoms with Crippen molar-refractivity contribution in [1.29, 1.82) is 0 Å². The quantitative estimate of drug-likeness (QED) is 0.864. The van der Waals surface area contributed by atoms with Gasteiger partial charge in [0.1, 0.15) is 5.75 Å². The average molecular weight is 290 g/mol. The molecule has 4 nitrogen and oxygen atoms in total. The Balaban J connectivity index is 1.87. The Hall–Kier alpha value is -1.62. The fraction of sp³-hybridized carbons (Fsp3) is 0.467. The second-order valence-corrected chi connectivity index (χ2v) is 6.21. The summed E-state index contributed by atoms with van der Waals surface area (Å²) in [5, 5.41) is 0. The van der Waals surface area contributed by atoms with Gasteiger partial charge in [-0.1, -0.05) is 24.4 Å². The number of para-hydroxylation sites is 2. The molecule has 1 aromatic rings. The third-order valence-electron chi connectivity index (χ3n) is 4.03. The highest BCUT2D eigenvalue weighted by atomic mass is 32.1. The van der Waals surface area contributed by atoms with Gasteiger partial charge in [-0.25, -0.2) is 0 Å². The number of benzene rings is 1. The van der Waals surface area contributed by atoms with Gasteiger partial charge in [-0.3, -0.25) is 4.79 Å². The number of amides is 1. The summed E-state index contributed by atoms with van der Waals surface area (Å²) in [5.41, 5.74) is 6.63. The smallest absolute Gasteiger partial charge is 0.230 e. The molecule has 1 heterocycles. The topological polar surface area (TPSA) is 55.6 Å². The van der Waals surface area contributed by atoms with Gasteiger partial charge in [0.15, 0.2) is 0 Å². The van der Waals surface area contributed by atoms with Crippen LogP contribution in [0.4, 0.5) is 5.69 Å². The lowest BCUT2D eigenvalue weighted by atomic mass is 10.0. The molecule has 0 bridgehead atoms. The van der Waals surface area contributed by atoms with E-state index in [1.807, 2.05) is 29.2 Å². The summed E-state index contributed by atoms with van der Waals surface area (Å²) in [4.78, 5) is 14.7. The van der Waals surface area contributed by atoms with Crippen LogP contribution < -0.4 is 15.4 Å². The van der Waals surface area contributed by atoms with Crippen LogP contribution in [0, 0.1) is 5.41 Å². The van der Waals surface area contributed by atoms with Crippen molar-refractivity contribution >= 4 is 28.8 Å². The summed E-state index contributed by atoms with van der Waals surface area (Å²) in [6.07, 6.45) is 3.29. The van der Waals surface area contributed by atoms with Crippen molar-refractivity contribution < 1.29 is 9.53 Å². The van der Waals surface area contributed by atoms with Gasteiger partial charge in [0.05, 0.1) is 23.7 Å². The molecule has 1 fully saturated rings. The molecule has 1 aliphatic heterocycles. The first-order valence-corrected chi connectivity index (χ1v) is 7.31. The van der Waals surface area contributed by atoms with Crippen LogP contribution in [0.1, 0.15) is 25.7 Å². The number of hydrogen-bond donors (Lipinski definition) is 1. The van der Waals surface area contributed by atoms with Gasteiger partial charge in [0.2, 0.25) is 5.91 Å². The highest BCUT2D eigenvalue weighted by Crippen LogP contribution is 2.50. The molecular formula is C15H18N2O2S. The Bertz CT molecular complexity index is 555. The zero-order chi connectivity index (χ0) is 14.2. The van der Waals surface area contributed by atoms with E-state index in [4.69, 9.17) is 22.7 Å². The molecule has 2 N–H and O–H groups in total. The second kappa shape index (κ2) is 5.05. The van der Waals surface area contributed by atoms with E-state index in [2.05, 4.69) is 0 Å². The van der Waals surface area contributed by atoms with E-state index < -0.39 is 0 Å². The second-order valence-electron chi connectivity index (χ2n) is 5.69. The Morgan fingerprint density at radius 2 is 2.15 bits per heavy atom. The van der Waals surface area contributed by atoms with Gasteiger partial charge < -0.3 is 15.4 Å². The number of fused-ring (bicyclic) bond motifs is 1. The Kier molecular flexibility index (Phi) is 3.38. The van der Waals surface area contributed by atoms with Gasteiger partial charge in [0.25, 0.3) is 0 Å². The zero-order valence-corrected chi connectivity index (χ0v) is 12.1. The van der Waals surface area contributed by atoms with Crippen molar-refractivity contribution in [1.82, 2.24) is 0 Å². The van der Waals surface area contributed by atoms with Crippen LogP contribution in [0.25, 0.3) is 0 Å². The van der Waals surface area contributed by atoms with Crippen LogP contribution in [0.15, 0.2) is 24.3 Å². The molecule has 2 aliphatic rings. The lowest BCUT2D eigenvalue weighted by Gasteiger charge is -2.27. The third-order valence-corrected chi connectivity index (χ3v) is 4.17. The predicted molar refractivity (Wildman–Crippen MR) is 82.0 cm³/mol. The summed E-state index contributed by atoms with van der Waals surface area (Å²) in [5.74, 6) is 0.897. The van der Waals surface area contributed by atoms with E-state index in [1.165, 1.54) is 0 Å². The van der Waals surface area contributed by atoms with E-state index in [1.54, 1.807) is 0 Å². The first-order chi connectivity index (χ1) is 9.60. The molecule has 0 unspecified atom stereocenters. The van der Waals surface area contributed by atoms with E-state index in [0.717, 1.165) is 30.7 Å². The van der Waals surface area contributed by atoms with Crippen molar-refractivity contribution in [2.24, 2.45) is 11.1 Å². The molecule has 1 aromatic carbocycles. The van der Waals surface area contributed by atoms with Crippen molar-refractivity contribution in [3.8, 4) is 5.75 Å². The molecule has 1 aliphatic carbocycles. The van der Waals surface area contributed by atoms with Crippen molar-refractivity contribution in [3.63, 3.8) is 0 Å². The van der Waals surface area contributed by atoms with Gasteiger partial charge in [-0.2, -0.15) is 0 Å². The van der Waals surface area contributed by atoms with Crippen molar-refractivity contribution in [2.45, 2.75) is 25.7 Å². The molecule has 3 rings (SSSR count). The number of hydrogen-bond acceptors (Lipinski definition) is 3. The van der Waals surface area contributed by atoms with E-state index >= 15 is 0 Å². The SMILES string of the molecule is NC(=S)CC1(CN2C(=O)CCOc3ccccc32)CC1. The Labute approximate surface area is 123 Å². The standard InChI is InChI=1S/C15H18N2O2S/c16-13(20)9-15(6-7-15)10-17-11-3-1-2-4-12(11)19-8-5-14(17)18/h1-4H,5-10H2,(H2,16,20). The molecule has 1 amide bonds. The fourth-order valence-corrected chi connectivity index (χ4v) is 3.07. The van der Waals surface area contributed by atoms with Crippen LogP contribution in [0.5, 0.6) is 5.75 Å². The van der Waals surface area contributed by atoms with Gasteiger partial charge in [0, 0.05) is 13.0 Å². The number of nitrogens with two attached hydrogens (primary N) is 1. The summed E-state index contributed by atoms with van der Waals surface area (Å²) < 4.78 is 5.65.